The molecule has 0 heterocycles. The molecule has 1 aromatic carbocycles. The summed E-state index contributed by atoms with van der Waals surface area (Å²) in [6, 6.07) is 4.34. The molecule has 1 aromatic rings. The van der Waals surface area contributed by atoms with Crippen LogP contribution >= 0.6 is 0 Å². The Labute approximate surface area is 236 Å². The molecule has 4 amide bonds. The highest BCUT2D eigenvalue weighted by atomic mass is 16.6. The van der Waals surface area contributed by atoms with Gasteiger partial charge in [0, 0.05) is 12.1 Å². The van der Waals surface area contributed by atoms with Crippen LogP contribution < -0.4 is 16.4 Å². The highest BCUT2D eigenvalue weighted by molar-refractivity contribution is 5.95. The molecule has 0 aliphatic carbocycles. The van der Waals surface area contributed by atoms with Gasteiger partial charge < -0.3 is 30.7 Å². The summed E-state index contributed by atoms with van der Waals surface area (Å²) in [4.78, 5) is 65.7. The first kappa shape index (κ1) is 34.1. The molecule has 222 valence electrons. The van der Waals surface area contributed by atoms with Crippen molar-refractivity contribution < 1.29 is 33.4 Å². The van der Waals surface area contributed by atoms with Crippen LogP contribution in [-0.2, 0) is 28.7 Å². The fourth-order valence-electron chi connectivity index (χ4n) is 3.86. The minimum Gasteiger partial charge on any atom is -0.466 e. The van der Waals surface area contributed by atoms with E-state index in [1.165, 1.54) is 4.90 Å². The molecule has 4 N–H and O–H groups in total. The topological polar surface area (TPSA) is 157 Å². The van der Waals surface area contributed by atoms with Gasteiger partial charge in [0.15, 0.2) is 0 Å². The van der Waals surface area contributed by atoms with E-state index in [4.69, 9.17) is 15.2 Å². The molecule has 2 atom stereocenters. The van der Waals surface area contributed by atoms with Crippen LogP contribution in [0.2, 0.25) is 0 Å². The van der Waals surface area contributed by atoms with Gasteiger partial charge in [0.2, 0.25) is 17.7 Å². The first-order valence-electron chi connectivity index (χ1n) is 13.3. The Morgan fingerprint density at radius 3 is 2.27 bits per heavy atom. The molecule has 11 heteroatoms. The maximum absolute atomic E-state index is 14.2. The van der Waals surface area contributed by atoms with Crippen molar-refractivity contribution in [2.45, 2.75) is 91.0 Å². The molecule has 2 unspecified atom stereocenters. The lowest BCUT2D eigenvalue weighted by molar-refractivity contribution is -0.150. The number of nitrogens with zero attached hydrogens (tertiary/aromatic N) is 1. The Morgan fingerprint density at radius 2 is 1.75 bits per heavy atom. The number of nitrogens with two attached hydrogens (primary N) is 1. The van der Waals surface area contributed by atoms with Crippen LogP contribution in [0.4, 0.5) is 4.79 Å². The Kier molecular flexibility index (Phi) is 12.8. The van der Waals surface area contributed by atoms with E-state index < -0.39 is 59.4 Å². The number of carbonyl (C=O) groups excluding carboxylic acids is 5. The van der Waals surface area contributed by atoms with E-state index in [0.717, 1.165) is 0 Å². The van der Waals surface area contributed by atoms with Crippen molar-refractivity contribution in [1.29, 1.82) is 0 Å². The van der Waals surface area contributed by atoms with Crippen LogP contribution in [0.1, 0.15) is 84.9 Å². The van der Waals surface area contributed by atoms with Gasteiger partial charge in [0.25, 0.3) is 0 Å². The van der Waals surface area contributed by atoms with Gasteiger partial charge in [-0.1, -0.05) is 37.8 Å². The van der Waals surface area contributed by atoms with Crippen LogP contribution in [-0.4, -0.2) is 65.0 Å². The molecule has 1 rings (SSSR count). The Bertz CT molecular complexity index is 1080. The van der Waals surface area contributed by atoms with Gasteiger partial charge in [-0.05, 0) is 65.2 Å². The molecule has 0 aromatic heterocycles. The van der Waals surface area contributed by atoms with Crippen molar-refractivity contribution in [3.63, 3.8) is 0 Å². The number of alkyl carbamates (subject to hydrolysis) is 1. The molecule has 40 heavy (non-hydrogen) atoms. The molecule has 0 saturated carbocycles. The van der Waals surface area contributed by atoms with Crippen LogP contribution in [0.3, 0.4) is 0 Å². The quantitative estimate of drug-likeness (QED) is 0.295. The number of hydrogen-bond acceptors (Lipinski definition) is 7. The molecule has 0 spiro atoms. The third-order valence-corrected chi connectivity index (χ3v) is 6.05. The van der Waals surface area contributed by atoms with Crippen molar-refractivity contribution in [3.8, 4) is 0 Å². The Balaban J connectivity index is 3.63. The molecule has 11 nitrogen and oxygen atoms in total. The molecular weight excluding hydrogens is 516 g/mol. The lowest BCUT2D eigenvalue weighted by Gasteiger charge is -2.44. The standard InChI is InChI=1S/C29H44N4O7/c1-9-19-13-12-14-20(17-19)24(25(36)31-16-15-23(35)39-11-3)33(29(7,8)10-2)26(37)21(18-22(30)34)32-27(38)40-28(4,5)6/h9,12-14,17,21,24H,1,10-11,15-16,18H2,2-8H3,(H2,30,34)(H,31,36)(H,32,38). The number of nitrogens with one attached hydrogen (secondary N) is 2. The number of benzene rings is 1. The predicted molar refractivity (Wildman–Crippen MR) is 152 cm³/mol. The Morgan fingerprint density at radius 1 is 1.10 bits per heavy atom. The number of carbonyl (C=O) groups is 5. The monoisotopic (exact) mass is 560 g/mol. The first-order chi connectivity index (χ1) is 18.6. The average molecular weight is 561 g/mol. The lowest BCUT2D eigenvalue weighted by atomic mass is 9.91. The Hall–Kier alpha value is -3.89. The van der Waals surface area contributed by atoms with E-state index >= 15 is 0 Å². The summed E-state index contributed by atoms with van der Waals surface area (Å²) in [7, 11) is 0. The summed E-state index contributed by atoms with van der Waals surface area (Å²) >= 11 is 0. The van der Waals surface area contributed by atoms with Crippen molar-refractivity contribution in [2.24, 2.45) is 5.73 Å². The molecule has 0 aliphatic heterocycles. The van der Waals surface area contributed by atoms with E-state index in [0.29, 0.717) is 17.5 Å². The first-order valence-corrected chi connectivity index (χ1v) is 13.3. The minimum atomic E-state index is -1.41. The fraction of sp³-hybridized carbons (Fsp3) is 0.552. The SMILES string of the molecule is C=Cc1cccc(C(C(=O)NCCC(=O)OCC)N(C(=O)C(CC(N)=O)NC(=O)OC(C)(C)C)C(C)(C)CC)c1. The van der Waals surface area contributed by atoms with Crippen LogP contribution in [0, 0.1) is 0 Å². The molecule has 0 aliphatic rings. The average Bonchev–Trinajstić information content (AvgIpc) is 2.84. The summed E-state index contributed by atoms with van der Waals surface area (Å²) in [5, 5.41) is 5.19. The highest BCUT2D eigenvalue weighted by Crippen LogP contribution is 2.33. The highest BCUT2D eigenvalue weighted by Gasteiger charge is 2.43. The van der Waals surface area contributed by atoms with Gasteiger partial charge >= 0.3 is 12.1 Å². The number of ether oxygens (including phenoxy) is 2. The third-order valence-electron chi connectivity index (χ3n) is 6.05. The van der Waals surface area contributed by atoms with Crippen LogP contribution in [0.15, 0.2) is 30.8 Å². The zero-order valence-electron chi connectivity index (χ0n) is 24.7. The number of primary amides is 1. The van der Waals surface area contributed by atoms with Gasteiger partial charge in [-0.15, -0.1) is 0 Å². The van der Waals surface area contributed by atoms with E-state index in [-0.39, 0.29) is 19.6 Å². The summed E-state index contributed by atoms with van der Waals surface area (Å²) in [6.45, 7) is 16.0. The number of esters is 1. The molecular formula is C29H44N4O7. The molecule has 0 bridgehead atoms. The lowest BCUT2D eigenvalue weighted by Crippen LogP contribution is -2.60. The summed E-state index contributed by atoms with van der Waals surface area (Å²) in [5.74, 6) is -2.56. The van der Waals surface area contributed by atoms with E-state index in [2.05, 4.69) is 17.2 Å². The molecule has 0 saturated heterocycles. The summed E-state index contributed by atoms with van der Waals surface area (Å²) in [5.41, 5.74) is 4.83. The van der Waals surface area contributed by atoms with E-state index in [9.17, 15) is 24.0 Å². The van der Waals surface area contributed by atoms with Crippen LogP contribution in [0.25, 0.3) is 6.08 Å². The number of amides is 4. The van der Waals surface area contributed by atoms with Gasteiger partial charge in [0.1, 0.15) is 17.7 Å². The van der Waals surface area contributed by atoms with E-state index in [1.807, 2.05) is 6.92 Å². The number of rotatable bonds is 14. The maximum Gasteiger partial charge on any atom is 0.408 e. The number of hydrogen-bond donors (Lipinski definition) is 3. The second-order valence-electron chi connectivity index (χ2n) is 10.9. The predicted octanol–water partition coefficient (Wildman–Crippen LogP) is 3.23. The molecule has 0 fully saturated rings. The van der Waals surface area contributed by atoms with Gasteiger partial charge in [-0.2, -0.15) is 0 Å². The third kappa shape index (κ3) is 10.7. The van der Waals surface area contributed by atoms with Gasteiger partial charge in [-0.25, -0.2) is 4.79 Å². The van der Waals surface area contributed by atoms with Crippen molar-refractivity contribution in [1.82, 2.24) is 15.5 Å². The van der Waals surface area contributed by atoms with Crippen molar-refractivity contribution in [3.05, 3.63) is 42.0 Å². The second-order valence-corrected chi connectivity index (χ2v) is 10.9. The largest absolute Gasteiger partial charge is 0.466 e. The fourth-order valence-corrected chi connectivity index (χ4v) is 3.86. The smallest absolute Gasteiger partial charge is 0.408 e. The minimum absolute atomic E-state index is 0.0230. The van der Waals surface area contributed by atoms with E-state index in [1.54, 1.807) is 71.9 Å². The maximum atomic E-state index is 14.2. The molecule has 0 radical (unpaired) electrons. The van der Waals surface area contributed by atoms with Crippen molar-refractivity contribution in [2.75, 3.05) is 13.2 Å². The normalized spacial score (nSPS) is 12.9. The second kappa shape index (κ2) is 15.0. The van der Waals surface area contributed by atoms with Gasteiger partial charge in [-0.3, -0.25) is 19.2 Å². The van der Waals surface area contributed by atoms with Crippen LogP contribution in [0.5, 0.6) is 0 Å². The summed E-state index contributed by atoms with van der Waals surface area (Å²) in [6.07, 6.45) is 0.538. The van der Waals surface area contributed by atoms with Gasteiger partial charge in [0.05, 0.1) is 19.4 Å². The summed E-state index contributed by atoms with van der Waals surface area (Å²) < 4.78 is 10.2. The zero-order valence-corrected chi connectivity index (χ0v) is 24.7. The van der Waals surface area contributed by atoms with Crippen molar-refractivity contribution >= 4 is 35.9 Å². The zero-order chi connectivity index (χ0) is 30.7.